The molecule has 1 aromatic carbocycles. The highest BCUT2D eigenvalue weighted by atomic mass is 35.5. The molecule has 0 aliphatic carbocycles. The minimum atomic E-state index is 0.0433. The molecule has 5 heteroatoms. The normalized spacial score (nSPS) is 16.4. The van der Waals surface area contributed by atoms with Gasteiger partial charge in [-0.1, -0.05) is 17.7 Å². The van der Waals surface area contributed by atoms with Gasteiger partial charge in [0.15, 0.2) is 0 Å². The van der Waals surface area contributed by atoms with Crippen molar-refractivity contribution in [1.82, 2.24) is 4.90 Å². The fourth-order valence-corrected chi connectivity index (χ4v) is 2.76. The lowest BCUT2D eigenvalue weighted by molar-refractivity contribution is -0.121. The van der Waals surface area contributed by atoms with Crippen LogP contribution in [0, 0.1) is 24.2 Å². The number of rotatable bonds is 4. The van der Waals surface area contributed by atoms with E-state index in [2.05, 4.69) is 16.3 Å². The molecule has 1 aliphatic heterocycles. The molecule has 0 spiro atoms. The van der Waals surface area contributed by atoms with Crippen molar-refractivity contribution < 1.29 is 4.79 Å². The second-order valence-electron chi connectivity index (χ2n) is 5.47. The topological polar surface area (TPSA) is 56.1 Å². The van der Waals surface area contributed by atoms with Crippen LogP contribution in [0.3, 0.4) is 0 Å². The molecule has 0 saturated carbocycles. The van der Waals surface area contributed by atoms with Crippen molar-refractivity contribution in [3.05, 3.63) is 28.8 Å². The molecular weight excluding hydrogens is 286 g/mol. The first-order valence-corrected chi connectivity index (χ1v) is 7.64. The van der Waals surface area contributed by atoms with Crippen molar-refractivity contribution >= 4 is 23.2 Å². The maximum Gasteiger partial charge on any atom is 0.227 e. The highest BCUT2D eigenvalue weighted by molar-refractivity contribution is 6.31. The van der Waals surface area contributed by atoms with Crippen LogP contribution in [0.4, 0.5) is 5.69 Å². The molecule has 1 saturated heterocycles. The van der Waals surface area contributed by atoms with E-state index in [1.165, 1.54) is 0 Å². The zero-order valence-corrected chi connectivity index (χ0v) is 13.0. The Kier molecular flexibility index (Phi) is 5.60. The van der Waals surface area contributed by atoms with Crippen LogP contribution in [0.25, 0.3) is 0 Å². The number of amides is 1. The number of aryl methyl sites for hydroxylation is 1. The zero-order chi connectivity index (χ0) is 15.2. The molecular formula is C16H20ClN3O. The highest BCUT2D eigenvalue weighted by Crippen LogP contribution is 2.23. The SMILES string of the molecule is Cc1ccc(Cl)cc1NC(=O)C1CCN(CCC#N)CC1. The van der Waals surface area contributed by atoms with E-state index in [1.807, 2.05) is 19.1 Å². The summed E-state index contributed by atoms with van der Waals surface area (Å²) in [7, 11) is 0. The van der Waals surface area contributed by atoms with Gasteiger partial charge in [-0.15, -0.1) is 0 Å². The maximum absolute atomic E-state index is 12.3. The smallest absolute Gasteiger partial charge is 0.227 e. The van der Waals surface area contributed by atoms with Gasteiger partial charge in [-0.3, -0.25) is 4.79 Å². The third-order valence-corrected chi connectivity index (χ3v) is 4.19. The van der Waals surface area contributed by atoms with E-state index in [0.717, 1.165) is 43.7 Å². The Morgan fingerprint density at radius 1 is 1.48 bits per heavy atom. The third-order valence-electron chi connectivity index (χ3n) is 3.96. The quantitative estimate of drug-likeness (QED) is 0.929. The summed E-state index contributed by atoms with van der Waals surface area (Å²) in [6.45, 7) is 4.53. The molecule has 0 radical (unpaired) electrons. The molecule has 1 aromatic rings. The van der Waals surface area contributed by atoms with Crippen molar-refractivity contribution in [1.29, 1.82) is 5.26 Å². The summed E-state index contributed by atoms with van der Waals surface area (Å²) >= 11 is 5.97. The number of halogens is 1. The molecule has 1 amide bonds. The van der Waals surface area contributed by atoms with Crippen LogP contribution in [0.1, 0.15) is 24.8 Å². The lowest BCUT2D eigenvalue weighted by atomic mass is 9.95. The largest absolute Gasteiger partial charge is 0.326 e. The van der Waals surface area contributed by atoms with Gasteiger partial charge in [-0.05, 0) is 50.6 Å². The molecule has 112 valence electrons. The van der Waals surface area contributed by atoms with Gasteiger partial charge in [0.25, 0.3) is 0 Å². The van der Waals surface area contributed by atoms with Gasteiger partial charge < -0.3 is 10.2 Å². The van der Waals surface area contributed by atoms with Gasteiger partial charge in [0.1, 0.15) is 0 Å². The number of hydrogen-bond donors (Lipinski definition) is 1. The van der Waals surface area contributed by atoms with Crippen LogP contribution in [0.2, 0.25) is 5.02 Å². The molecule has 1 aliphatic rings. The third kappa shape index (κ3) is 4.45. The summed E-state index contributed by atoms with van der Waals surface area (Å²) in [4.78, 5) is 14.6. The molecule has 0 bridgehead atoms. The average Bonchev–Trinajstić information content (AvgIpc) is 2.49. The molecule has 0 atom stereocenters. The van der Waals surface area contributed by atoms with Crippen molar-refractivity contribution in [3.8, 4) is 6.07 Å². The molecule has 4 nitrogen and oxygen atoms in total. The van der Waals surface area contributed by atoms with Crippen LogP contribution in [0.5, 0.6) is 0 Å². The Bertz CT molecular complexity index is 545. The summed E-state index contributed by atoms with van der Waals surface area (Å²) in [6, 6.07) is 7.67. The van der Waals surface area contributed by atoms with E-state index in [-0.39, 0.29) is 11.8 Å². The minimum Gasteiger partial charge on any atom is -0.326 e. The van der Waals surface area contributed by atoms with Crippen molar-refractivity contribution in [2.24, 2.45) is 5.92 Å². The first-order chi connectivity index (χ1) is 10.1. The number of benzene rings is 1. The number of piperidine rings is 1. The second-order valence-corrected chi connectivity index (χ2v) is 5.91. The molecule has 2 rings (SSSR count). The first-order valence-electron chi connectivity index (χ1n) is 7.26. The monoisotopic (exact) mass is 305 g/mol. The van der Waals surface area contributed by atoms with Crippen molar-refractivity contribution in [2.45, 2.75) is 26.2 Å². The number of likely N-dealkylation sites (tertiary alicyclic amines) is 1. The molecule has 21 heavy (non-hydrogen) atoms. The van der Waals surface area contributed by atoms with Crippen LogP contribution in [-0.2, 0) is 4.79 Å². The van der Waals surface area contributed by atoms with Crippen LogP contribution >= 0.6 is 11.6 Å². The standard InChI is InChI=1S/C16H20ClN3O/c1-12-3-4-14(17)11-15(12)19-16(21)13-5-9-20(10-6-13)8-2-7-18/h3-4,11,13H,2,5-6,8-10H2,1H3,(H,19,21). The summed E-state index contributed by atoms with van der Waals surface area (Å²) in [5.41, 5.74) is 1.80. The van der Waals surface area contributed by atoms with Gasteiger partial charge >= 0.3 is 0 Å². The average molecular weight is 306 g/mol. The van der Waals surface area contributed by atoms with E-state index in [1.54, 1.807) is 6.07 Å². The minimum absolute atomic E-state index is 0.0433. The number of anilines is 1. The number of nitriles is 1. The molecule has 0 aromatic heterocycles. The van der Waals surface area contributed by atoms with Crippen LogP contribution < -0.4 is 5.32 Å². The predicted molar refractivity (Wildman–Crippen MR) is 84.2 cm³/mol. The van der Waals surface area contributed by atoms with E-state index in [9.17, 15) is 4.79 Å². The van der Waals surface area contributed by atoms with Gasteiger partial charge in [0.05, 0.1) is 6.07 Å². The zero-order valence-electron chi connectivity index (χ0n) is 12.2. The number of nitrogens with zero attached hydrogens (tertiary/aromatic N) is 2. The van der Waals surface area contributed by atoms with Crippen molar-refractivity contribution in [3.63, 3.8) is 0 Å². The summed E-state index contributed by atoms with van der Waals surface area (Å²) in [5, 5.41) is 12.2. The molecule has 1 heterocycles. The first kappa shape index (κ1) is 15.8. The maximum atomic E-state index is 12.3. The lowest BCUT2D eigenvalue weighted by Crippen LogP contribution is -2.38. The number of nitrogens with one attached hydrogen (secondary N) is 1. The Balaban J connectivity index is 1.88. The number of carbonyl (C=O) groups excluding carboxylic acids is 1. The Morgan fingerprint density at radius 2 is 2.19 bits per heavy atom. The predicted octanol–water partition coefficient (Wildman–Crippen LogP) is 3.21. The lowest BCUT2D eigenvalue weighted by Gasteiger charge is -2.30. The van der Waals surface area contributed by atoms with Crippen LogP contribution in [-0.4, -0.2) is 30.4 Å². The molecule has 1 N–H and O–H groups in total. The van der Waals surface area contributed by atoms with Gasteiger partial charge in [0.2, 0.25) is 5.91 Å². The van der Waals surface area contributed by atoms with Gasteiger partial charge in [0, 0.05) is 29.6 Å². The summed E-state index contributed by atoms with van der Waals surface area (Å²) in [5.74, 6) is 0.113. The van der Waals surface area contributed by atoms with Gasteiger partial charge in [-0.25, -0.2) is 0 Å². The summed E-state index contributed by atoms with van der Waals surface area (Å²) in [6.07, 6.45) is 2.24. The van der Waals surface area contributed by atoms with E-state index >= 15 is 0 Å². The Morgan fingerprint density at radius 3 is 2.86 bits per heavy atom. The fourth-order valence-electron chi connectivity index (χ4n) is 2.59. The Hall–Kier alpha value is -1.57. The number of carbonyl (C=O) groups is 1. The van der Waals surface area contributed by atoms with E-state index in [4.69, 9.17) is 16.9 Å². The van der Waals surface area contributed by atoms with Gasteiger partial charge in [-0.2, -0.15) is 5.26 Å². The summed E-state index contributed by atoms with van der Waals surface area (Å²) < 4.78 is 0. The number of hydrogen-bond acceptors (Lipinski definition) is 3. The van der Waals surface area contributed by atoms with Crippen molar-refractivity contribution in [2.75, 3.05) is 25.0 Å². The Labute approximate surface area is 130 Å². The second kappa shape index (κ2) is 7.44. The fraction of sp³-hybridized carbons (Fsp3) is 0.500. The van der Waals surface area contributed by atoms with Crippen LogP contribution in [0.15, 0.2) is 18.2 Å². The molecule has 1 fully saturated rings. The highest BCUT2D eigenvalue weighted by Gasteiger charge is 2.25. The molecule has 0 unspecified atom stereocenters. The van der Waals surface area contributed by atoms with E-state index < -0.39 is 0 Å². The van der Waals surface area contributed by atoms with E-state index in [0.29, 0.717) is 11.4 Å².